The van der Waals surface area contributed by atoms with Crippen LogP contribution in [-0.2, 0) is 6.42 Å². The van der Waals surface area contributed by atoms with Crippen LogP contribution in [0.15, 0.2) is 36.5 Å². The monoisotopic (exact) mass is 274 g/mol. The van der Waals surface area contributed by atoms with Gasteiger partial charge in [-0.1, -0.05) is 24.6 Å². The average molecular weight is 275 g/mol. The lowest BCUT2D eigenvalue weighted by atomic mass is 10.1. The van der Waals surface area contributed by atoms with E-state index in [1.807, 2.05) is 18.2 Å². The molecule has 0 saturated heterocycles. The molecule has 0 spiro atoms. The van der Waals surface area contributed by atoms with E-state index in [2.05, 4.69) is 24.1 Å². The molecule has 0 saturated carbocycles. The molecule has 0 atom stereocenters. The Morgan fingerprint density at radius 3 is 2.79 bits per heavy atom. The lowest BCUT2D eigenvalue weighted by Gasteiger charge is -2.08. The van der Waals surface area contributed by atoms with Crippen LogP contribution in [0.2, 0.25) is 5.02 Å². The Bertz CT molecular complexity index is 611. The normalized spacial score (nSPS) is 10.3. The molecule has 0 aliphatic heterocycles. The van der Waals surface area contributed by atoms with Gasteiger partial charge >= 0.3 is 0 Å². The summed E-state index contributed by atoms with van der Waals surface area (Å²) in [5, 5.41) is 3.33. The first-order valence-electron chi connectivity index (χ1n) is 6.12. The van der Waals surface area contributed by atoms with Crippen molar-refractivity contribution in [1.29, 1.82) is 0 Å². The van der Waals surface area contributed by atoms with Crippen LogP contribution < -0.4 is 5.32 Å². The number of nitrogens with zero attached hydrogens (tertiary/aromatic N) is 1. The Morgan fingerprint density at radius 1 is 1.32 bits per heavy atom. The van der Waals surface area contributed by atoms with E-state index in [0.29, 0.717) is 10.7 Å². The second-order valence-electron chi connectivity index (χ2n) is 4.31. The summed E-state index contributed by atoms with van der Waals surface area (Å²) in [6, 6.07) is 9.06. The molecule has 4 heteroatoms. The number of halogens is 1. The van der Waals surface area contributed by atoms with Crippen molar-refractivity contribution in [1.82, 2.24) is 4.98 Å². The molecule has 1 heterocycles. The number of hydrogen-bond donors (Lipinski definition) is 1. The van der Waals surface area contributed by atoms with Crippen LogP contribution in [0.25, 0.3) is 0 Å². The van der Waals surface area contributed by atoms with Gasteiger partial charge in [-0.15, -0.1) is 0 Å². The van der Waals surface area contributed by atoms with Gasteiger partial charge in [0.1, 0.15) is 5.69 Å². The van der Waals surface area contributed by atoms with Crippen molar-refractivity contribution < 1.29 is 4.79 Å². The third kappa shape index (κ3) is 3.32. The van der Waals surface area contributed by atoms with Gasteiger partial charge in [0.15, 0.2) is 0 Å². The number of rotatable bonds is 3. The van der Waals surface area contributed by atoms with E-state index < -0.39 is 0 Å². The maximum atomic E-state index is 12.0. The topological polar surface area (TPSA) is 42.0 Å². The molecule has 19 heavy (non-hydrogen) atoms. The molecule has 98 valence electrons. The van der Waals surface area contributed by atoms with Gasteiger partial charge in [0, 0.05) is 16.9 Å². The molecule has 0 fully saturated rings. The molecule has 2 aromatic rings. The van der Waals surface area contributed by atoms with Crippen LogP contribution in [0.5, 0.6) is 0 Å². The highest BCUT2D eigenvalue weighted by atomic mass is 35.5. The summed E-state index contributed by atoms with van der Waals surface area (Å²) in [4.78, 5) is 16.0. The SMILES string of the molecule is CCc1cc(NC(=O)c2cc(Cl)ccn2)ccc1C. The molecule has 0 unspecified atom stereocenters. The largest absolute Gasteiger partial charge is 0.321 e. The summed E-state index contributed by atoms with van der Waals surface area (Å²) in [5.41, 5.74) is 3.53. The molecule has 1 amide bonds. The Labute approximate surface area is 117 Å². The summed E-state index contributed by atoms with van der Waals surface area (Å²) in [5.74, 6) is -0.256. The second-order valence-corrected chi connectivity index (χ2v) is 4.74. The number of aryl methyl sites for hydroxylation is 2. The minimum absolute atomic E-state index is 0.256. The molecule has 1 aromatic heterocycles. The van der Waals surface area contributed by atoms with E-state index in [4.69, 9.17) is 11.6 Å². The van der Waals surface area contributed by atoms with E-state index in [1.54, 1.807) is 12.1 Å². The zero-order valence-electron chi connectivity index (χ0n) is 10.9. The standard InChI is InChI=1S/C15H15ClN2O/c1-3-11-8-13(5-4-10(11)2)18-15(19)14-9-12(16)6-7-17-14/h4-9H,3H2,1-2H3,(H,18,19). The summed E-state index contributed by atoms with van der Waals surface area (Å²) in [7, 11) is 0. The summed E-state index contributed by atoms with van der Waals surface area (Å²) < 4.78 is 0. The third-order valence-corrected chi connectivity index (χ3v) is 3.18. The van der Waals surface area contributed by atoms with Crippen LogP contribution in [0.4, 0.5) is 5.69 Å². The lowest BCUT2D eigenvalue weighted by Crippen LogP contribution is -2.13. The van der Waals surface area contributed by atoms with Crippen molar-refractivity contribution in [3.8, 4) is 0 Å². The quantitative estimate of drug-likeness (QED) is 0.923. The van der Waals surface area contributed by atoms with Crippen LogP contribution in [0.1, 0.15) is 28.5 Å². The van der Waals surface area contributed by atoms with Crippen LogP contribution in [0.3, 0.4) is 0 Å². The van der Waals surface area contributed by atoms with Gasteiger partial charge in [0.2, 0.25) is 0 Å². The van der Waals surface area contributed by atoms with Gasteiger partial charge < -0.3 is 5.32 Å². The molecular weight excluding hydrogens is 260 g/mol. The fourth-order valence-corrected chi connectivity index (χ4v) is 2.01. The summed E-state index contributed by atoms with van der Waals surface area (Å²) in [6.45, 7) is 4.15. The number of carbonyl (C=O) groups excluding carboxylic acids is 1. The Hall–Kier alpha value is -1.87. The van der Waals surface area contributed by atoms with Gasteiger partial charge in [-0.3, -0.25) is 9.78 Å². The molecule has 0 aliphatic carbocycles. The van der Waals surface area contributed by atoms with Crippen molar-refractivity contribution >= 4 is 23.2 Å². The molecule has 1 N–H and O–H groups in total. The van der Waals surface area contributed by atoms with Crippen molar-refractivity contribution in [2.24, 2.45) is 0 Å². The van der Waals surface area contributed by atoms with E-state index in [0.717, 1.165) is 12.1 Å². The minimum atomic E-state index is -0.256. The smallest absolute Gasteiger partial charge is 0.274 e. The van der Waals surface area contributed by atoms with E-state index in [1.165, 1.54) is 17.3 Å². The van der Waals surface area contributed by atoms with Crippen molar-refractivity contribution in [3.63, 3.8) is 0 Å². The minimum Gasteiger partial charge on any atom is -0.321 e. The number of aromatic nitrogens is 1. The number of pyridine rings is 1. The molecule has 2 rings (SSSR count). The molecule has 0 aliphatic rings. The van der Waals surface area contributed by atoms with Crippen LogP contribution >= 0.6 is 11.6 Å². The number of benzene rings is 1. The second kappa shape index (κ2) is 5.85. The first-order valence-corrected chi connectivity index (χ1v) is 6.50. The number of amides is 1. The van der Waals surface area contributed by atoms with Gasteiger partial charge in [-0.25, -0.2) is 0 Å². The van der Waals surface area contributed by atoms with E-state index in [9.17, 15) is 4.79 Å². The Morgan fingerprint density at radius 2 is 2.11 bits per heavy atom. The van der Waals surface area contributed by atoms with E-state index >= 15 is 0 Å². The van der Waals surface area contributed by atoms with Crippen molar-refractivity contribution in [2.75, 3.05) is 5.32 Å². The predicted molar refractivity (Wildman–Crippen MR) is 77.8 cm³/mol. The number of hydrogen-bond acceptors (Lipinski definition) is 2. The fraction of sp³-hybridized carbons (Fsp3) is 0.200. The highest BCUT2D eigenvalue weighted by Gasteiger charge is 2.08. The average Bonchev–Trinajstić information content (AvgIpc) is 2.41. The first-order chi connectivity index (χ1) is 9.10. The highest BCUT2D eigenvalue weighted by Crippen LogP contribution is 2.17. The zero-order chi connectivity index (χ0) is 13.8. The van der Waals surface area contributed by atoms with Gasteiger partial charge in [0.25, 0.3) is 5.91 Å². The van der Waals surface area contributed by atoms with Crippen LogP contribution in [0, 0.1) is 6.92 Å². The van der Waals surface area contributed by atoms with Gasteiger partial charge in [-0.05, 0) is 48.7 Å². The molecule has 1 aromatic carbocycles. The van der Waals surface area contributed by atoms with E-state index in [-0.39, 0.29) is 5.91 Å². The fourth-order valence-electron chi connectivity index (χ4n) is 1.85. The van der Waals surface area contributed by atoms with Crippen LogP contribution in [-0.4, -0.2) is 10.9 Å². The number of nitrogens with one attached hydrogen (secondary N) is 1. The van der Waals surface area contributed by atoms with Crippen molar-refractivity contribution in [2.45, 2.75) is 20.3 Å². The maximum Gasteiger partial charge on any atom is 0.274 e. The summed E-state index contributed by atoms with van der Waals surface area (Å²) >= 11 is 5.84. The van der Waals surface area contributed by atoms with Crippen molar-refractivity contribution in [3.05, 3.63) is 58.4 Å². The Balaban J connectivity index is 2.19. The molecule has 3 nitrogen and oxygen atoms in total. The maximum absolute atomic E-state index is 12.0. The highest BCUT2D eigenvalue weighted by molar-refractivity contribution is 6.30. The lowest BCUT2D eigenvalue weighted by molar-refractivity contribution is 0.102. The first kappa shape index (κ1) is 13.6. The third-order valence-electron chi connectivity index (χ3n) is 2.94. The van der Waals surface area contributed by atoms with Gasteiger partial charge in [0.05, 0.1) is 0 Å². The molecule has 0 radical (unpaired) electrons. The predicted octanol–water partition coefficient (Wildman–Crippen LogP) is 3.86. The van der Waals surface area contributed by atoms with Gasteiger partial charge in [-0.2, -0.15) is 0 Å². The number of carbonyl (C=O) groups is 1. The summed E-state index contributed by atoms with van der Waals surface area (Å²) in [6.07, 6.45) is 2.45. The molecule has 0 bridgehead atoms. The molecular formula is C15H15ClN2O. The Kier molecular flexibility index (Phi) is 4.17. The number of anilines is 1. The zero-order valence-corrected chi connectivity index (χ0v) is 11.7.